The average molecular weight is 345 g/mol. The molecule has 0 bridgehead atoms. The molecule has 9 heteroatoms. The molecule has 1 heterocycles. The van der Waals surface area contributed by atoms with Gasteiger partial charge in [-0.1, -0.05) is 6.07 Å². The Morgan fingerprint density at radius 1 is 1.43 bits per heavy atom. The lowest BCUT2D eigenvalue weighted by atomic mass is 10.1. The van der Waals surface area contributed by atoms with Crippen LogP contribution in [0.25, 0.3) is 0 Å². The predicted molar refractivity (Wildman–Crippen MR) is 80.7 cm³/mol. The Hall–Kier alpha value is -2.13. The number of hydrogen-bond acceptors (Lipinski definition) is 5. The maximum atomic E-state index is 12.2. The number of amides is 1. The summed E-state index contributed by atoms with van der Waals surface area (Å²) in [5.74, 6) is -0.405. The third kappa shape index (κ3) is 4.67. The number of ether oxygens (including phenoxy) is 1. The second kappa shape index (κ2) is 6.97. The fourth-order valence-electron chi connectivity index (χ4n) is 1.76. The van der Waals surface area contributed by atoms with E-state index in [0.717, 1.165) is 0 Å². The number of halogens is 3. The molecule has 0 aliphatic heterocycles. The number of aromatic nitrogens is 1. The summed E-state index contributed by atoms with van der Waals surface area (Å²) in [5.41, 5.74) is 6.40. The first kappa shape index (κ1) is 17.2. The topological polar surface area (TPSA) is 77.2 Å². The average Bonchev–Trinajstić information content (AvgIpc) is 2.96. The zero-order chi connectivity index (χ0) is 17.0. The van der Waals surface area contributed by atoms with Gasteiger partial charge in [-0.05, 0) is 19.1 Å². The third-order valence-corrected chi connectivity index (χ3v) is 3.75. The van der Waals surface area contributed by atoms with E-state index in [4.69, 9.17) is 10.5 Å². The maximum absolute atomic E-state index is 12.2. The summed E-state index contributed by atoms with van der Waals surface area (Å²) in [4.78, 5) is 16.1. The molecule has 0 saturated carbocycles. The van der Waals surface area contributed by atoms with Crippen LogP contribution in [0.3, 0.4) is 0 Å². The van der Waals surface area contributed by atoms with Crippen molar-refractivity contribution in [1.82, 2.24) is 4.98 Å². The van der Waals surface area contributed by atoms with Crippen molar-refractivity contribution in [3.8, 4) is 5.75 Å². The lowest BCUT2D eigenvalue weighted by molar-refractivity contribution is -0.153. The normalized spacial score (nSPS) is 11.3. The van der Waals surface area contributed by atoms with Crippen LogP contribution in [-0.2, 0) is 6.54 Å². The predicted octanol–water partition coefficient (Wildman–Crippen LogP) is 3.10. The molecule has 124 valence electrons. The highest BCUT2D eigenvalue weighted by atomic mass is 32.1. The number of nitrogens with one attached hydrogen (secondary N) is 1. The standard InChI is InChI=1S/C14H14F3N3O2S/c1-8-9(3-2-4-11(8)22-7-14(15,16)17)20-13(21)10-6-23-12(5-18)19-10/h2-4,6H,5,7,18H2,1H3,(H,20,21). The monoisotopic (exact) mass is 345 g/mol. The third-order valence-electron chi connectivity index (χ3n) is 2.88. The molecule has 2 aromatic rings. The van der Waals surface area contributed by atoms with Crippen LogP contribution >= 0.6 is 11.3 Å². The number of alkyl halides is 3. The summed E-state index contributed by atoms with van der Waals surface area (Å²) < 4.78 is 41.4. The Morgan fingerprint density at radius 2 is 2.17 bits per heavy atom. The number of nitrogens with two attached hydrogens (primary N) is 1. The van der Waals surface area contributed by atoms with E-state index in [2.05, 4.69) is 10.3 Å². The maximum Gasteiger partial charge on any atom is 0.422 e. The van der Waals surface area contributed by atoms with Crippen molar-refractivity contribution in [2.24, 2.45) is 5.73 Å². The molecule has 0 aliphatic rings. The molecule has 0 unspecified atom stereocenters. The Balaban J connectivity index is 2.12. The van der Waals surface area contributed by atoms with Gasteiger partial charge in [0.15, 0.2) is 6.61 Å². The fraction of sp³-hybridized carbons (Fsp3) is 0.286. The summed E-state index contributed by atoms with van der Waals surface area (Å²) in [6, 6.07) is 4.48. The van der Waals surface area contributed by atoms with Crippen LogP contribution in [0.1, 0.15) is 21.1 Å². The first-order chi connectivity index (χ1) is 10.8. The number of carbonyl (C=O) groups is 1. The smallest absolute Gasteiger partial charge is 0.422 e. The molecule has 5 nitrogen and oxygen atoms in total. The SMILES string of the molecule is Cc1c(NC(=O)c2csc(CN)n2)cccc1OCC(F)(F)F. The number of carbonyl (C=O) groups excluding carboxylic acids is 1. The molecule has 0 atom stereocenters. The van der Waals surface area contributed by atoms with Crippen molar-refractivity contribution >= 4 is 22.9 Å². The number of anilines is 1. The van der Waals surface area contributed by atoms with Crippen molar-refractivity contribution in [2.75, 3.05) is 11.9 Å². The van der Waals surface area contributed by atoms with Crippen LogP contribution in [-0.4, -0.2) is 23.7 Å². The van der Waals surface area contributed by atoms with Crippen molar-refractivity contribution in [3.63, 3.8) is 0 Å². The molecule has 3 N–H and O–H groups in total. The van der Waals surface area contributed by atoms with E-state index in [1.165, 1.54) is 23.5 Å². The number of rotatable bonds is 5. The molecule has 1 amide bonds. The van der Waals surface area contributed by atoms with Crippen LogP contribution in [0.4, 0.5) is 18.9 Å². The summed E-state index contributed by atoms with van der Waals surface area (Å²) in [6.45, 7) is 0.405. The highest BCUT2D eigenvalue weighted by Crippen LogP contribution is 2.27. The minimum atomic E-state index is -4.43. The van der Waals surface area contributed by atoms with Gasteiger partial charge in [-0.2, -0.15) is 13.2 Å². The fourth-order valence-corrected chi connectivity index (χ4v) is 2.42. The van der Waals surface area contributed by atoms with Crippen LogP contribution in [0.5, 0.6) is 5.75 Å². The highest BCUT2D eigenvalue weighted by molar-refractivity contribution is 7.09. The van der Waals surface area contributed by atoms with Gasteiger partial charge in [0.05, 0.1) is 0 Å². The molecule has 0 spiro atoms. The van der Waals surface area contributed by atoms with Gasteiger partial charge in [0.1, 0.15) is 16.5 Å². The lowest BCUT2D eigenvalue weighted by Gasteiger charge is -2.14. The van der Waals surface area contributed by atoms with Crippen molar-refractivity contribution in [3.05, 3.63) is 39.8 Å². The second-order valence-electron chi connectivity index (χ2n) is 4.62. The molecule has 0 saturated heterocycles. The summed E-state index contributed by atoms with van der Waals surface area (Å²) >= 11 is 1.26. The molecular formula is C14H14F3N3O2S. The Labute approximate surface area is 134 Å². The molecule has 1 aromatic heterocycles. The largest absolute Gasteiger partial charge is 0.484 e. The van der Waals surface area contributed by atoms with E-state index in [9.17, 15) is 18.0 Å². The van der Waals surface area contributed by atoms with E-state index in [0.29, 0.717) is 16.3 Å². The van der Waals surface area contributed by atoms with E-state index in [1.807, 2.05) is 0 Å². The van der Waals surface area contributed by atoms with Gasteiger partial charge in [0, 0.05) is 23.2 Å². The Morgan fingerprint density at radius 3 is 2.78 bits per heavy atom. The molecule has 0 aliphatic carbocycles. The van der Waals surface area contributed by atoms with Gasteiger partial charge in [-0.3, -0.25) is 4.79 Å². The zero-order valence-electron chi connectivity index (χ0n) is 12.1. The molecule has 0 fully saturated rings. The highest BCUT2D eigenvalue weighted by Gasteiger charge is 2.28. The molecule has 0 radical (unpaired) electrons. The first-order valence-electron chi connectivity index (χ1n) is 6.55. The van der Waals surface area contributed by atoms with Crippen molar-refractivity contribution in [1.29, 1.82) is 0 Å². The van der Waals surface area contributed by atoms with Crippen molar-refractivity contribution < 1.29 is 22.7 Å². The van der Waals surface area contributed by atoms with E-state index in [1.54, 1.807) is 18.4 Å². The zero-order valence-corrected chi connectivity index (χ0v) is 12.9. The van der Waals surface area contributed by atoms with E-state index >= 15 is 0 Å². The molecule has 1 aromatic carbocycles. The lowest BCUT2D eigenvalue weighted by Crippen LogP contribution is -2.20. The Kier molecular flexibility index (Phi) is 5.22. The van der Waals surface area contributed by atoms with Gasteiger partial charge in [0.2, 0.25) is 0 Å². The minimum absolute atomic E-state index is 0.0565. The van der Waals surface area contributed by atoms with Crippen LogP contribution in [0, 0.1) is 6.92 Å². The van der Waals surface area contributed by atoms with Crippen LogP contribution in [0.2, 0.25) is 0 Å². The molecular weight excluding hydrogens is 331 g/mol. The quantitative estimate of drug-likeness (QED) is 0.873. The number of nitrogens with zero attached hydrogens (tertiary/aromatic N) is 1. The minimum Gasteiger partial charge on any atom is -0.484 e. The second-order valence-corrected chi connectivity index (χ2v) is 5.56. The summed E-state index contributed by atoms with van der Waals surface area (Å²) in [5, 5.41) is 4.79. The van der Waals surface area contributed by atoms with Gasteiger partial charge in [0.25, 0.3) is 5.91 Å². The summed E-state index contributed by atoms with van der Waals surface area (Å²) in [6.07, 6.45) is -4.43. The summed E-state index contributed by atoms with van der Waals surface area (Å²) in [7, 11) is 0. The first-order valence-corrected chi connectivity index (χ1v) is 7.43. The number of thiazole rings is 1. The molecule has 2 rings (SSSR count). The molecule has 23 heavy (non-hydrogen) atoms. The van der Waals surface area contributed by atoms with Gasteiger partial charge in [-0.25, -0.2) is 4.98 Å². The van der Waals surface area contributed by atoms with Gasteiger partial charge in [-0.15, -0.1) is 11.3 Å². The Bertz CT molecular complexity index is 701. The van der Waals surface area contributed by atoms with Gasteiger partial charge < -0.3 is 15.8 Å². The number of hydrogen-bond donors (Lipinski definition) is 2. The van der Waals surface area contributed by atoms with Gasteiger partial charge >= 0.3 is 6.18 Å². The van der Waals surface area contributed by atoms with Crippen LogP contribution in [0.15, 0.2) is 23.6 Å². The number of benzene rings is 1. The van der Waals surface area contributed by atoms with E-state index in [-0.39, 0.29) is 18.0 Å². The van der Waals surface area contributed by atoms with Crippen molar-refractivity contribution in [2.45, 2.75) is 19.6 Å². The van der Waals surface area contributed by atoms with E-state index < -0.39 is 18.7 Å². The van der Waals surface area contributed by atoms with Crippen LogP contribution < -0.4 is 15.8 Å².